The van der Waals surface area contributed by atoms with Crippen LogP contribution in [0.1, 0.15) is 29.2 Å². The monoisotopic (exact) mass is 415 g/mol. The molecule has 2 N–H and O–H groups in total. The Hall–Kier alpha value is -3.93. The molecule has 6 nitrogen and oxygen atoms in total. The maximum absolute atomic E-state index is 12.1. The molecule has 6 heteroatoms. The molecule has 0 aliphatic rings. The van der Waals surface area contributed by atoms with Gasteiger partial charge in [0, 0.05) is 5.69 Å². The number of carbonyl (C=O) groups excluding carboxylic acids is 2. The van der Waals surface area contributed by atoms with E-state index in [0.717, 1.165) is 28.9 Å². The van der Waals surface area contributed by atoms with Gasteiger partial charge in [0.05, 0.1) is 6.21 Å². The number of nitrogens with one attached hydrogen (secondary N) is 2. The minimum absolute atomic E-state index is 0.486. The van der Waals surface area contributed by atoms with Crippen molar-refractivity contribution >= 4 is 23.7 Å². The summed E-state index contributed by atoms with van der Waals surface area (Å²) in [5.74, 6) is -0.867. The van der Waals surface area contributed by atoms with Crippen molar-refractivity contribution in [3.8, 4) is 5.75 Å². The number of carbonyl (C=O) groups is 2. The van der Waals surface area contributed by atoms with Crippen molar-refractivity contribution in [1.82, 2.24) is 5.43 Å². The van der Waals surface area contributed by atoms with Gasteiger partial charge >= 0.3 is 11.8 Å². The van der Waals surface area contributed by atoms with Gasteiger partial charge < -0.3 is 10.1 Å². The number of amides is 2. The summed E-state index contributed by atoms with van der Waals surface area (Å²) in [6.07, 6.45) is 2.22. The summed E-state index contributed by atoms with van der Waals surface area (Å²) in [6.45, 7) is 4.51. The lowest BCUT2D eigenvalue weighted by molar-refractivity contribution is -0.136. The minimum Gasteiger partial charge on any atom is -0.489 e. The van der Waals surface area contributed by atoms with Crippen molar-refractivity contribution in [1.29, 1.82) is 0 Å². The van der Waals surface area contributed by atoms with Crippen LogP contribution in [0.4, 0.5) is 5.69 Å². The number of hydrazone groups is 1. The second-order valence-electron chi connectivity index (χ2n) is 7.01. The maximum Gasteiger partial charge on any atom is 0.329 e. The summed E-state index contributed by atoms with van der Waals surface area (Å²) in [6, 6.07) is 22.8. The Morgan fingerprint density at radius 3 is 2.35 bits per heavy atom. The average Bonchev–Trinajstić information content (AvgIpc) is 2.80. The Morgan fingerprint density at radius 1 is 0.935 bits per heavy atom. The first-order valence-corrected chi connectivity index (χ1v) is 10.1. The Balaban J connectivity index is 1.48. The number of para-hydroxylation sites is 1. The van der Waals surface area contributed by atoms with Crippen molar-refractivity contribution in [2.75, 3.05) is 5.32 Å². The van der Waals surface area contributed by atoms with Crippen LogP contribution in [0.25, 0.3) is 0 Å². The number of benzene rings is 3. The van der Waals surface area contributed by atoms with E-state index < -0.39 is 11.8 Å². The molecule has 0 spiro atoms. The first kappa shape index (κ1) is 21.8. The predicted molar refractivity (Wildman–Crippen MR) is 122 cm³/mol. The van der Waals surface area contributed by atoms with E-state index in [1.165, 1.54) is 11.8 Å². The van der Waals surface area contributed by atoms with Crippen molar-refractivity contribution < 1.29 is 14.3 Å². The molecule has 0 bridgehead atoms. The van der Waals surface area contributed by atoms with E-state index in [1.54, 1.807) is 12.1 Å². The van der Waals surface area contributed by atoms with Gasteiger partial charge in [-0.05, 0) is 60.4 Å². The van der Waals surface area contributed by atoms with Gasteiger partial charge in [-0.15, -0.1) is 0 Å². The third-order valence-corrected chi connectivity index (χ3v) is 4.64. The number of ether oxygens (including phenoxy) is 1. The van der Waals surface area contributed by atoms with Crippen molar-refractivity contribution in [3.05, 3.63) is 95.1 Å². The summed E-state index contributed by atoms with van der Waals surface area (Å²) in [5, 5.41) is 6.46. The van der Waals surface area contributed by atoms with Gasteiger partial charge in [-0.1, -0.05) is 55.0 Å². The topological polar surface area (TPSA) is 79.8 Å². The van der Waals surface area contributed by atoms with Gasteiger partial charge in [-0.25, -0.2) is 5.43 Å². The Morgan fingerprint density at radius 2 is 1.65 bits per heavy atom. The lowest BCUT2D eigenvalue weighted by atomic mass is 10.1. The zero-order valence-electron chi connectivity index (χ0n) is 17.6. The second-order valence-corrected chi connectivity index (χ2v) is 7.01. The lowest BCUT2D eigenvalue weighted by Gasteiger charge is -2.08. The first-order valence-electron chi connectivity index (χ1n) is 10.1. The van der Waals surface area contributed by atoms with Gasteiger partial charge in [0.25, 0.3) is 0 Å². The fraction of sp³-hybridized carbons (Fsp3) is 0.160. The number of hydrogen-bond donors (Lipinski definition) is 2. The van der Waals surface area contributed by atoms with Crippen LogP contribution in [0.5, 0.6) is 5.75 Å². The fourth-order valence-corrected chi connectivity index (χ4v) is 2.85. The van der Waals surface area contributed by atoms with Crippen LogP contribution < -0.4 is 15.5 Å². The third kappa shape index (κ3) is 6.54. The Kier molecular flexibility index (Phi) is 7.54. The molecule has 0 atom stereocenters. The molecule has 0 aromatic heterocycles. The van der Waals surface area contributed by atoms with E-state index in [4.69, 9.17) is 4.74 Å². The van der Waals surface area contributed by atoms with Crippen molar-refractivity contribution in [2.24, 2.45) is 5.10 Å². The van der Waals surface area contributed by atoms with Gasteiger partial charge in [0.15, 0.2) is 0 Å². The fourth-order valence-electron chi connectivity index (χ4n) is 2.85. The quantitative estimate of drug-likeness (QED) is 0.344. The first-order chi connectivity index (χ1) is 15.0. The normalized spacial score (nSPS) is 10.6. The van der Waals surface area contributed by atoms with Gasteiger partial charge in [-0.2, -0.15) is 5.10 Å². The molecular weight excluding hydrogens is 390 g/mol. The van der Waals surface area contributed by atoms with E-state index in [9.17, 15) is 9.59 Å². The van der Waals surface area contributed by atoms with Crippen LogP contribution in [0.2, 0.25) is 0 Å². The van der Waals surface area contributed by atoms with Crippen molar-refractivity contribution in [2.45, 2.75) is 26.9 Å². The molecule has 0 radical (unpaired) electrons. The third-order valence-electron chi connectivity index (χ3n) is 4.64. The summed E-state index contributed by atoms with van der Waals surface area (Å²) in [4.78, 5) is 24.0. The predicted octanol–water partition coefficient (Wildman–Crippen LogP) is 4.23. The molecule has 0 aliphatic carbocycles. The summed E-state index contributed by atoms with van der Waals surface area (Å²) in [7, 11) is 0. The van der Waals surface area contributed by atoms with Crippen molar-refractivity contribution in [3.63, 3.8) is 0 Å². The zero-order chi connectivity index (χ0) is 22.1. The van der Waals surface area contributed by atoms with Crippen LogP contribution in [-0.2, 0) is 22.6 Å². The van der Waals surface area contributed by atoms with E-state index in [2.05, 4.69) is 28.0 Å². The van der Waals surface area contributed by atoms with Gasteiger partial charge in [0.1, 0.15) is 12.4 Å². The molecule has 0 saturated carbocycles. The van der Waals surface area contributed by atoms with Crippen LogP contribution in [0, 0.1) is 6.92 Å². The van der Waals surface area contributed by atoms with Crippen LogP contribution in [-0.4, -0.2) is 18.0 Å². The zero-order valence-corrected chi connectivity index (χ0v) is 17.6. The molecule has 3 aromatic carbocycles. The maximum atomic E-state index is 12.1. The smallest absolute Gasteiger partial charge is 0.329 e. The number of aryl methyl sites for hydroxylation is 2. The van der Waals surface area contributed by atoms with Crippen LogP contribution in [0.15, 0.2) is 77.9 Å². The molecule has 31 heavy (non-hydrogen) atoms. The van der Waals surface area contributed by atoms with Crippen LogP contribution in [0.3, 0.4) is 0 Å². The molecule has 0 fully saturated rings. The number of anilines is 1. The summed E-state index contributed by atoms with van der Waals surface area (Å²) < 4.78 is 5.77. The van der Waals surface area contributed by atoms with Crippen LogP contribution >= 0.6 is 0 Å². The van der Waals surface area contributed by atoms with E-state index in [-0.39, 0.29) is 0 Å². The molecule has 0 aliphatic heterocycles. The van der Waals surface area contributed by atoms with Gasteiger partial charge in [0.2, 0.25) is 0 Å². The van der Waals surface area contributed by atoms with E-state index in [1.807, 2.05) is 62.4 Å². The Labute approximate surface area is 182 Å². The number of hydrogen-bond acceptors (Lipinski definition) is 4. The SMILES string of the molecule is CCc1ccccc1NC(=O)C(=O)N/N=C/c1ccc(OCc2ccc(C)cc2)cc1. The number of nitrogens with zero attached hydrogens (tertiary/aromatic N) is 1. The standard InChI is InChI=1S/C25H25N3O3/c1-3-21-6-4-5-7-23(21)27-24(29)25(30)28-26-16-19-12-14-22(15-13-19)31-17-20-10-8-18(2)9-11-20/h4-16H,3,17H2,1-2H3,(H,27,29)(H,28,30)/b26-16+. The molecule has 2 amide bonds. The average molecular weight is 415 g/mol. The molecular formula is C25H25N3O3. The highest BCUT2D eigenvalue weighted by Gasteiger charge is 2.14. The Bertz CT molecular complexity index is 1060. The second kappa shape index (κ2) is 10.7. The molecule has 0 saturated heterocycles. The largest absolute Gasteiger partial charge is 0.489 e. The molecule has 3 rings (SSSR count). The highest BCUT2D eigenvalue weighted by Crippen LogP contribution is 2.15. The highest BCUT2D eigenvalue weighted by atomic mass is 16.5. The van der Waals surface area contributed by atoms with E-state index >= 15 is 0 Å². The molecule has 158 valence electrons. The highest BCUT2D eigenvalue weighted by molar-refractivity contribution is 6.39. The van der Waals surface area contributed by atoms with Gasteiger partial charge in [-0.3, -0.25) is 9.59 Å². The number of rotatable bonds is 7. The van der Waals surface area contributed by atoms with E-state index in [0.29, 0.717) is 12.3 Å². The lowest BCUT2D eigenvalue weighted by Crippen LogP contribution is -2.32. The molecule has 0 heterocycles. The molecule has 3 aromatic rings. The summed E-state index contributed by atoms with van der Waals surface area (Å²) >= 11 is 0. The minimum atomic E-state index is -0.833. The molecule has 0 unspecified atom stereocenters. The summed E-state index contributed by atoms with van der Waals surface area (Å²) in [5.41, 5.74) is 6.89.